The molecular formula is C20H31N3O2. The molecule has 1 N–H and O–H groups in total. The molecule has 1 aliphatic rings. The van der Waals surface area contributed by atoms with E-state index in [4.69, 9.17) is 0 Å². The molecule has 0 spiro atoms. The summed E-state index contributed by atoms with van der Waals surface area (Å²) < 4.78 is 0. The van der Waals surface area contributed by atoms with E-state index in [2.05, 4.69) is 26.1 Å². The van der Waals surface area contributed by atoms with Crippen molar-refractivity contribution in [3.8, 4) is 0 Å². The van der Waals surface area contributed by atoms with Crippen molar-refractivity contribution in [3.05, 3.63) is 35.9 Å². The quantitative estimate of drug-likeness (QED) is 0.889. The highest BCUT2D eigenvalue weighted by molar-refractivity contribution is 5.94. The summed E-state index contributed by atoms with van der Waals surface area (Å²) in [6.07, 6.45) is 1.61. The smallest absolute Gasteiger partial charge is 0.317 e. The monoisotopic (exact) mass is 345 g/mol. The van der Waals surface area contributed by atoms with Crippen molar-refractivity contribution in [1.82, 2.24) is 15.1 Å². The highest BCUT2D eigenvalue weighted by Gasteiger charge is 2.27. The Morgan fingerprint density at radius 2 is 1.76 bits per heavy atom. The number of benzene rings is 1. The van der Waals surface area contributed by atoms with Crippen molar-refractivity contribution in [3.63, 3.8) is 0 Å². The van der Waals surface area contributed by atoms with Gasteiger partial charge in [-0.15, -0.1) is 0 Å². The number of amides is 3. The van der Waals surface area contributed by atoms with Crippen molar-refractivity contribution in [2.45, 2.75) is 52.6 Å². The fraction of sp³-hybridized carbons (Fsp3) is 0.600. The fourth-order valence-corrected chi connectivity index (χ4v) is 3.22. The number of piperidine rings is 1. The molecule has 1 fully saturated rings. The third kappa shape index (κ3) is 4.97. The van der Waals surface area contributed by atoms with Gasteiger partial charge in [0.05, 0.1) is 0 Å². The minimum absolute atomic E-state index is 0.0107. The lowest BCUT2D eigenvalue weighted by Gasteiger charge is -2.36. The zero-order valence-electron chi connectivity index (χ0n) is 15.9. The normalized spacial score (nSPS) is 16.6. The van der Waals surface area contributed by atoms with Crippen LogP contribution in [0.25, 0.3) is 0 Å². The first-order valence-corrected chi connectivity index (χ1v) is 9.35. The van der Waals surface area contributed by atoms with Gasteiger partial charge in [0.2, 0.25) is 0 Å². The van der Waals surface area contributed by atoms with Gasteiger partial charge in [0.25, 0.3) is 5.91 Å². The van der Waals surface area contributed by atoms with Crippen molar-refractivity contribution in [2.24, 2.45) is 5.92 Å². The van der Waals surface area contributed by atoms with E-state index in [1.54, 1.807) is 0 Å². The van der Waals surface area contributed by atoms with E-state index in [-0.39, 0.29) is 24.0 Å². The van der Waals surface area contributed by atoms with Gasteiger partial charge in [-0.05, 0) is 44.7 Å². The number of hydrogen-bond donors (Lipinski definition) is 1. The summed E-state index contributed by atoms with van der Waals surface area (Å²) in [5.74, 6) is 0.505. The molecule has 1 heterocycles. The highest BCUT2D eigenvalue weighted by atomic mass is 16.2. The molecule has 25 heavy (non-hydrogen) atoms. The Hall–Kier alpha value is -2.04. The second-order valence-corrected chi connectivity index (χ2v) is 7.15. The zero-order valence-corrected chi connectivity index (χ0v) is 15.9. The molecule has 1 aliphatic heterocycles. The Labute approximate surface area is 151 Å². The topological polar surface area (TPSA) is 52.7 Å². The van der Waals surface area contributed by atoms with E-state index >= 15 is 0 Å². The Morgan fingerprint density at radius 3 is 2.28 bits per heavy atom. The number of nitrogens with zero attached hydrogens (tertiary/aromatic N) is 2. The van der Waals surface area contributed by atoms with Gasteiger partial charge in [0, 0.05) is 37.3 Å². The lowest BCUT2D eigenvalue weighted by molar-refractivity contribution is 0.0705. The summed E-state index contributed by atoms with van der Waals surface area (Å²) >= 11 is 0. The van der Waals surface area contributed by atoms with E-state index in [1.807, 2.05) is 47.1 Å². The lowest BCUT2D eigenvalue weighted by atomic mass is 10.0. The largest absolute Gasteiger partial charge is 0.338 e. The molecule has 0 radical (unpaired) electrons. The molecule has 0 bridgehead atoms. The standard InChI is InChI=1S/C20H31N3O2/c1-5-23(16(4)15(2)3)20(25)21-18-11-13-22(14-12-18)19(24)17-9-7-6-8-10-17/h6-10,15-16,18H,5,11-14H2,1-4H3,(H,21,25). The maximum absolute atomic E-state index is 12.6. The first-order valence-electron chi connectivity index (χ1n) is 9.35. The molecule has 0 saturated carbocycles. The molecule has 0 aromatic heterocycles. The molecule has 1 unspecified atom stereocenters. The third-order valence-electron chi connectivity index (χ3n) is 5.19. The molecule has 5 nitrogen and oxygen atoms in total. The fourth-order valence-electron chi connectivity index (χ4n) is 3.22. The Morgan fingerprint density at radius 1 is 1.16 bits per heavy atom. The summed E-state index contributed by atoms with van der Waals surface area (Å²) in [6.45, 7) is 10.4. The maximum atomic E-state index is 12.6. The lowest BCUT2D eigenvalue weighted by Crippen LogP contribution is -2.52. The summed E-state index contributed by atoms with van der Waals surface area (Å²) in [7, 11) is 0. The van der Waals surface area contributed by atoms with Crippen LogP contribution in [0, 0.1) is 5.92 Å². The molecule has 1 saturated heterocycles. The number of carbonyl (C=O) groups is 2. The van der Waals surface area contributed by atoms with Gasteiger partial charge >= 0.3 is 6.03 Å². The van der Waals surface area contributed by atoms with E-state index in [9.17, 15) is 9.59 Å². The van der Waals surface area contributed by atoms with Crippen LogP contribution in [0.5, 0.6) is 0 Å². The van der Waals surface area contributed by atoms with Crippen LogP contribution in [0.2, 0.25) is 0 Å². The molecule has 5 heteroatoms. The predicted octanol–water partition coefficient (Wildman–Crippen LogP) is 3.37. The van der Waals surface area contributed by atoms with Gasteiger partial charge in [0.15, 0.2) is 0 Å². The molecule has 1 aromatic carbocycles. The van der Waals surface area contributed by atoms with Crippen LogP contribution in [-0.4, -0.2) is 53.5 Å². The zero-order chi connectivity index (χ0) is 18.4. The number of nitrogens with one attached hydrogen (secondary N) is 1. The number of likely N-dealkylation sites (tertiary alicyclic amines) is 1. The van der Waals surface area contributed by atoms with Crippen LogP contribution < -0.4 is 5.32 Å². The van der Waals surface area contributed by atoms with Gasteiger partial charge in [-0.1, -0.05) is 32.0 Å². The van der Waals surface area contributed by atoms with Crippen LogP contribution in [0.3, 0.4) is 0 Å². The number of hydrogen-bond acceptors (Lipinski definition) is 2. The summed E-state index contributed by atoms with van der Waals surface area (Å²) in [4.78, 5) is 28.8. The van der Waals surface area contributed by atoms with E-state index in [1.165, 1.54) is 0 Å². The van der Waals surface area contributed by atoms with E-state index in [0.29, 0.717) is 25.6 Å². The predicted molar refractivity (Wildman–Crippen MR) is 101 cm³/mol. The van der Waals surface area contributed by atoms with E-state index in [0.717, 1.165) is 18.4 Å². The average molecular weight is 345 g/mol. The second-order valence-electron chi connectivity index (χ2n) is 7.15. The van der Waals surface area contributed by atoms with Crippen molar-refractivity contribution < 1.29 is 9.59 Å². The van der Waals surface area contributed by atoms with Crippen LogP contribution in [0.1, 0.15) is 50.9 Å². The molecule has 138 valence electrons. The van der Waals surface area contributed by atoms with Gasteiger partial charge < -0.3 is 15.1 Å². The summed E-state index contributed by atoms with van der Waals surface area (Å²) in [5, 5.41) is 3.15. The molecule has 1 atom stereocenters. The summed E-state index contributed by atoms with van der Waals surface area (Å²) in [6, 6.07) is 9.74. The van der Waals surface area contributed by atoms with E-state index < -0.39 is 0 Å². The van der Waals surface area contributed by atoms with Crippen molar-refractivity contribution in [1.29, 1.82) is 0 Å². The second kappa shape index (κ2) is 8.88. The molecule has 3 amide bonds. The molecule has 1 aromatic rings. The van der Waals surface area contributed by atoms with Crippen LogP contribution in [-0.2, 0) is 0 Å². The number of carbonyl (C=O) groups excluding carboxylic acids is 2. The first-order chi connectivity index (χ1) is 11.9. The van der Waals surface area contributed by atoms with Crippen molar-refractivity contribution in [2.75, 3.05) is 19.6 Å². The van der Waals surface area contributed by atoms with Crippen LogP contribution in [0.4, 0.5) is 4.79 Å². The highest BCUT2D eigenvalue weighted by Crippen LogP contribution is 2.16. The van der Waals surface area contributed by atoms with Gasteiger partial charge in [-0.25, -0.2) is 4.79 Å². The minimum atomic E-state index is 0.0107. The molecule has 2 rings (SSSR count). The Balaban J connectivity index is 1.85. The molecular weight excluding hydrogens is 314 g/mol. The third-order valence-corrected chi connectivity index (χ3v) is 5.19. The molecule has 0 aliphatic carbocycles. The maximum Gasteiger partial charge on any atom is 0.317 e. The number of urea groups is 1. The minimum Gasteiger partial charge on any atom is -0.338 e. The first kappa shape index (κ1) is 19.3. The van der Waals surface area contributed by atoms with Gasteiger partial charge in [-0.3, -0.25) is 4.79 Å². The van der Waals surface area contributed by atoms with Gasteiger partial charge in [0.1, 0.15) is 0 Å². The summed E-state index contributed by atoms with van der Waals surface area (Å²) in [5.41, 5.74) is 0.730. The van der Waals surface area contributed by atoms with Crippen LogP contribution >= 0.6 is 0 Å². The Bertz CT molecular complexity index is 566. The van der Waals surface area contributed by atoms with Crippen LogP contribution in [0.15, 0.2) is 30.3 Å². The Kier molecular flexibility index (Phi) is 6.85. The van der Waals surface area contributed by atoms with Gasteiger partial charge in [-0.2, -0.15) is 0 Å². The number of rotatable bonds is 5. The average Bonchev–Trinajstić information content (AvgIpc) is 2.63. The SMILES string of the molecule is CCN(C(=O)NC1CCN(C(=O)c2ccccc2)CC1)C(C)C(C)C. The van der Waals surface area contributed by atoms with Crippen molar-refractivity contribution >= 4 is 11.9 Å².